The lowest BCUT2D eigenvalue weighted by atomic mass is 10.1. The Morgan fingerprint density at radius 3 is 2.46 bits per heavy atom. The Labute approximate surface area is 148 Å². The van der Waals surface area contributed by atoms with Crippen molar-refractivity contribution in [3.05, 3.63) is 70.1 Å². The Kier molecular flexibility index (Phi) is 4.98. The van der Waals surface area contributed by atoms with E-state index in [4.69, 9.17) is 13.9 Å². The molecular formula is C19H16N2O5. The van der Waals surface area contributed by atoms with Crippen LogP contribution in [0.15, 0.2) is 62.8 Å². The molecule has 7 nitrogen and oxygen atoms in total. The molecule has 1 N–H and O–H groups in total. The van der Waals surface area contributed by atoms with Gasteiger partial charge in [0.05, 0.1) is 20.4 Å². The van der Waals surface area contributed by atoms with E-state index >= 15 is 0 Å². The maximum absolute atomic E-state index is 12.2. The molecule has 0 aliphatic heterocycles. The summed E-state index contributed by atoms with van der Waals surface area (Å²) in [5.74, 6) is 0.220. The summed E-state index contributed by atoms with van der Waals surface area (Å²) in [6.45, 7) is 0. The van der Waals surface area contributed by atoms with Gasteiger partial charge in [-0.3, -0.25) is 4.79 Å². The van der Waals surface area contributed by atoms with Crippen molar-refractivity contribution < 1.29 is 18.7 Å². The summed E-state index contributed by atoms with van der Waals surface area (Å²) in [6.07, 6.45) is 1.48. The van der Waals surface area contributed by atoms with Crippen LogP contribution in [0.1, 0.15) is 15.9 Å². The summed E-state index contributed by atoms with van der Waals surface area (Å²) in [5, 5.41) is 4.38. The molecule has 132 valence electrons. The number of amides is 1. The first-order valence-electron chi connectivity index (χ1n) is 7.70. The van der Waals surface area contributed by atoms with E-state index in [1.165, 1.54) is 32.6 Å². The van der Waals surface area contributed by atoms with Crippen LogP contribution in [0.2, 0.25) is 0 Å². The summed E-state index contributed by atoms with van der Waals surface area (Å²) < 4.78 is 15.6. The average molecular weight is 352 g/mol. The van der Waals surface area contributed by atoms with Crippen LogP contribution in [0.5, 0.6) is 11.5 Å². The molecule has 0 saturated carbocycles. The van der Waals surface area contributed by atoms with Crippen LogP contribution in [0.3, 0.4) is 0 Å². The van der Waals surface area contributed by atoms with Gasteiger partial charge in [-0.2, -0.15) is 5.10 Å². The first kappa shape index (κ1) is 17.2. The topological polar surface area (TPSA) is 90.1 Å². The van der Waals surface area contributed by atoms with Gasteiger partial charge in [-0.25, -0.2) is 10.2 Å². The predicted octanol–water partition coefficient (Wildman–Crippen LogP) is 2.57. The number of methoxy groups -OCH3 is 2. The summed E-state index contributed by atoms with van der Waals surface area (Å²) >= 11 is 0. The summed E-state index contributed by atoms with van der Waals surface area (Å²) in [6, 6.07) is 13.8. The molecule has 3 aromatic rings. The molecule has 0 aliphatic rings. The zero-order chi connectivity index (χ0) is 18.5. The van der Waals surface area contributed by atoms with E-state index in [2.05, 4.69) is 10.5 Å². The summed E-state index contributed by atoms with van der Waals surface area (Å²) in [4.78, 5) is 24.3. The van der Waals surface area contributed by atoms with Crippen LogP contribution in [0, 0.1) is 0 Å². The lowest BCUT2D eigenvalue weighted by Crippen LogP contribution is -2.24. The second-order valence-electron chi connectivity index (χ2n) is 5.30. The number of rotatable bonds is 5. The molecule has 7 heteroatoms. The highest BCUT2D eigenvalue weighted by atomic mass is 16.5. The third-order valence-electron chi connectivity index (χ3n) is 3.66. The fourth-order valence-electron chi connectivity index (χ4n) is 2.37. The van der Waals surface area contributed by atoms with E-state index in [1.54, 1.807) is 6.07 Å². The fourth-order valence-corrected chi connectivity index (χ4v) is 2.37. The van der Waals surface area contributed by atoms with E-state index < -0.39 is 11.5 Å². The van der Waals surface area contributed by atoms with E-state index in [-0.39, 0.29) is 11.1 Å². The van der Waals surface area contributed by atoms with Crippen molar-refractivity contribution in [2.24, 2.45) is 5.10 Å². The number of benzene rings is 2. The number of carbonyl (C=O) groups is 1. The molecule has 0 aliphatic carbocycles. The van der Waals surface area contributed by atoms with Crippen LogP contribution >= 0.6 is 0 Å². The maximum Gasteiger partial charge on any atom is 0.349 e. The van der Waals surface area contributed by atoms with Gasteiger partial charge in [0.1, 0.15) is 11.1 Å². The van der Waals surface area contributed by atoms with E-state index in [0.29, 0.717) is 16.9 Å². The molecule has 1 heterocycles. The number of ether oxygens (including phenoxy) is 2. The van der Waals surface area contributed by atoms with Crippen molar-refractivity contribution in [1.82, 2.24) is 5.43 Å². The van der Waals surface area contributed by atoms with Gasteiger partial charge in [0.15, 0.2) is 11.5 Å². The third-order valence-corrected chi connectivity index (χ3v) is 3.66. The second kappa shape index (κ2) is 7.52. The monoisotopic (exact) mass is 352 g/mol. The van der Waals surface area contributed by atoms with Crippen molar-refractivity contribution >= 4 is 23.1 Å². The number of nitrogens with one attached hydrogen (secondary N) is 1. The smallest absolute Gasteiger partial charge is 0.349 e. The minimum Gasteiger partial charge on any atom is -0.493 e. The quantitative estimate of drug-likeness (QED) is 0.433. The van der Waals surface area contributed by atoms with Gasteiger partial charge in [-0.05, 0) is 17.7 Å². The van der Waals surface area contributed by atoms with Crippen molar-refractivity contribution in [3.63, 3.8) is 0 Å². The molecule has 0 fully saturated rings. The molecular weight excluding hydrogens is 336 g/mol. The number of nitrogens with zero attached hydrogens (tertiary/aromatic N) is 1. The van der Waals surface area contributed by atoms with Gasteiger partial charge in [0, 0.05) is 11.5 Å². The minimum absolute atomic E-state index is 0.157. The van der Waals surface area contributed by atoms with Crippen molar-refractivity contribution in [2.75, 3.05) is 14.2 Å². The van der Waals surface area contributed by atoms with Crippen LogP contribution in [-0.2, 0) is 0 Å². The van der Waals surface area contributed by atoms with Crippen molar-refractivity contribution in [2.45, 2.75) is 0 Å². The van der Waals surface area contributed by atoms with Gasteiger partial charge in [0.2, 0.25) is 0 Å². The third kappa shape index (κ3) is 3.56. The standard InChI is InChI=1S/C19H16N2O5/c1-24-16-9-13-8-14(19(23)26-15(13)10-17(16)25-2)18(22)21-20-11-12-6-4-3-5-7-12/h3-11H,1-2H3,(H,21,22)/b20-11+. The van der Waals surface area contributed by atoms with E-state index in [1.807, 2.05) is 30.3 Å². The van der Waals surface area contributed by atoms with E-state index in [0.717, 1.165) is 5.56 Å². The highest BCUT2D eigenvalue weighted by Crippen LogP contribution is 2.31. The highest BCUT2D eigenvalue weighted by molar-refractivity contribution is 5.97. The van der Waals surface area contributed by atoms with Crippen LogP contribution in [0.4, 0.5) is 0 Å². The minimum atomic E-state index is -0.767. The lowest BCUT2D eigenvalue weighted by Gasteiger charge is -2.08. The van der Waals surface area contributed by atoms with Crippen LogP contribution in [-0.4, -0.2) is 26.3 Å². The van der Waals surface area contributed by atoms with Gasteiger partial charge in [-0.1, -0.05) is 30.3 Å². The van der Waals surface area contributed by atoms with Gasteiger partial charge in [-0.15, -0.1) is 0 Å². The molecule has 1 amide bonds. The zero-order valence-electron chi connectivity index (χ0n) is 14.2. The number of fused-ring (bicyclic) bond motifs is 1. The van der Waals surface area contributed by atoms with Crippen LogP contribution in [0.25, 0.3) is 11.0 Å². The fraction of sp³-hybridized carbons (Fsp3) is 0.105. The number of carbonyl (C=O) groups excluding carboxylic acids is 1. The average Bonchev–Trinajstić information content (AvgIpc) is 2.67. The molecule has 0 saturated heterocycles. The maximum atomic E-state index is 12.2. The molecule has 0 atom stereocenters. The Bertz CT molecular complexity index is 1030. The molecule has 0 spiro atoms. The Hall–Kier alpha value is -3.61. The van der Waals surface area contributed by atoms with Crippen molar-refractivity contribution in [3.8, 4) is 11.5 Å². The summed E-state index contributed by atoms with van der Waals surface area (Å²) in [7, 11) is 2.98. The van der Waals surface area contributed by atoms with Gasteiger partial charge >= 0.3 is 5.63 Å². The normalized spacial score (nSPS) is 10.8. The lowest BCUT2D eigenvalue weighted by molar-refractivity contribution is 0.0951. The first-order chi connectivity index (χ1) is 12.6. The van der Waals surface area contributed by atoms with Crippen molar-refractivity contribution in [1.29, 1.82) is 0 Å². The second-order valence-corrected chi connectivity index (χ2v) is 5.30. The Morgan fingerprint density at radius 2 is 1.77 bits per heavy atom. The number of hydrogen-bond acceptors (Lipinski definition) is 6. The molecule has 1 aromatic heterocycles. The summed E-state index contributed by atoms with van der Waals surface area (Å²) in [5.41, 5.74) is 2.50. The van der Waals surface area contributed by atoms with E-state index in [9.17, 15) is 9.59 Å². The molecule has 0 unspecified atom stereocenters. The predicted molar refractivity (Wildman–Crippen MR) is 97.1 cm³/mol. The highest BCUT2D eigenvalue weighted by Gasteiger charge is 2.15. The van der Waals surface area contributed by atoms with Gasteiger partial charge in [0.25, 0.3) is 5.91 Å². The first-order valence-corrected chi connectivity index (χ1v) is 7.70. The molecule has 0 radical (unpaired) electrons. The van der Waals surface area contributed by atoms with Crippen LogP contribution < -0.4 is 20.5 Å². The van der Waals surface area contributed by atoms with Gasteiger partial charge < -0.3 is 13.9 Å². The molecule has 2 aromatic carbocycles. The molecule has 3 rings (SSSR count). The number of hydrazone groups is 1. The molecule has 26 heavy (non-hydrogen) atoms. The Morgan fingerprint density at radius 1 is 1.08 bits per heavy atom. The SMILES string of the molecule is COc1cc2cc(C(=O)N/N=C/c3ccccc3)c(=O)oc2cc1OC. The molecule has 0 bridgehead atoms. The largest absolute Gasteiger partial charge is 0.493 e. The zero-order valence-corrected chi connectivity index (χ0v) is 14.2. The Balaban J connectivity index is 1.89. The number of hydrogen-bond donors (Lipinski definition) is 1.